The van der Waals surface area contributed by atoms with Crippen LogP contribution in [-0.2, 0) is 9.09 Å². The highest BCUT2D eigenvalue weighted by Gasteiger charge is 2.42. The maximum absolute atomic E-state index is 11.3. The van der Waals surface area contributed by atoms with Crippen molar-refractivity contribution in [2.75, 3.05) is 0 Å². The quantitative estimate of drug-likeness (QED) is 0.455. The largest absolute Gasteiger partial charge is 0.378 e. The van der Waals surface area contributed by atoms with Gasteiger partial charge in [-0.05, 0) is 27.7 Å². The van der Waals surface area contributed by atoms with E-state index in [4.69, 9.17) is 5.73 Å². The Kier molecular flexibility index (Phi) is 3.10. The summed E-state index contributed by atoms with van der Waals surface area (Å²) in [4.78, 5) is 9.19. The Morgan fingerprint density at radius 3 is 1.75 bits per heavy atom. The predicted octanol–water partition coefficient (Wildman–Crippen LogP) is 0.612. The summed E-state index contributed by atoms with van der Waals surface area (Å²) in [7, 11) is -4.07. The van der Waals surface area contributed by atoms with E-state index >= 15 is 0 Å². The number of rotatable bonds is 3. The lowest BCUT2D eigenvalue weighted by Gasteiger charge is -2.30. The van der Waals surface area contributed by atoms with Crippen molar-refractivity contribution >= 4 is 7.60 Å². The summed E-state index contributed by atoms with van der Waals surface area (Å²) in [5.74, 6) is 0. The first-order chi connectivity index (χ1) is 4.96. The molecule has 0 spiro atoms. The van der Waals surface area contributed by atoms with Crippen molar-refractivity contribution in [2.24, 2.45) is 5.73 Å². The number of nitrogens with two attached hydrogens (primary N) is 1. The van der Waals surface area contributed by atoms with Crippen molar-refractivity contribution in [3.05, 3.63) is 0 Å². The van der Waals surface area contributed by atoms with Gasteiger partial charge in [0.2, 0.25) is 0 Å². The normalized spacial score (nSPS) is 18.9. The molecule has 74 valence electrons. The molecule has 0 aliphatic carbocycles. The highest BCUT2D eigenvalue weighted by molar-refractivity contribution is 7.54. The van der Waals surface area contributed by atoms with Crippen molar-refractivity contribution < 1.29 is 19.1 Å². The minimum Gasteiger partial charge on any atom is -0.378 e. The lowest BCUT2D eigenvalue weighted by molar-refractivity contribution is 0.0509. The van der Waals surface area contributed by atoms with Crippen molar-refractivity contribution in [1.29, 1.82) is 0 Å². The molecule has 0 aliphatic rings. The van der Waals surface area contributed by atoms with Crippen LogP contribution in [0.5, 0.6) is 0 Å². The first-order valence-corrected chi connectivity index (χ1v) is 5.08. The zero-order chi connectivity index (χ0) is 10.2. The summed E-state index contributed by atoms with van der Waals surface area (Å²) in [6, 6.07) is 0. The lowest BCUT2D eigenvalue weighted by Crippen LogP contribution is -2.37. The lowest BCUT2D eigenvalue weighted by atomic mass is 10.4. The second-order valence-electron chi connectivity index (χ2n) is 3.71. The van der Waals surface area contributed by atoms with E-state index in [0.29, 0.717) is 0 Å². The fourth-order valence-electron chi connectivity index (χ4n) is 0.431. The van der Waals surface area contributed by atoms with Crippen LogP contribution in [0.4, 0.5) is 0 Å². The molecule has 0 amide bonds. The van der Waals surface area contributed by atoms with E-state index in [1.54, 1.807) is 0 Å². The Bertz CT molecular complexity index is 203. The van der Waals surface area contributed by atoms with Crippen LogP contribution < -0.4 is 5.73 Å². The average molecular weight is 197 g/mol. The second-order valence-corrected chi connectivity index (χ2v) is 6.03. The summed E-state index contributed by atoms with van der Waals surface area (Å²) >= 11 is 0. The first kappa shape index (κ1) is 12.1. The van der Waals surface area contributed by atoms with Gasteiger partial charge in [0.15, 0.2) is 5.34 Å². The third-order valence-electron chi connectivity index (χ3n) is 1.05. The predicted molar refractivity (Wildman–Crippen MR) is 45.5 cm³/mol. The number of hydrogen-bond donors (Lipinski definition) is 3. The molecule has 0 radical (unpaired) electrons. The summed E-state index contributed by atoms with van der Waals surface area (Å²) in [6.07, 6.45) is 0. The minimum absolute atomic E-state index is 1.19. The topological polar surface area (TPSA) is 92.8 Å². The number of aliphatic hydroxyl groups is 1. The Balaban J connectivity index is 4.57. The molecule has 0 bridgehead atoms. The van der Waals surface area contributed by atoms with Crippen LogP contribution in [0, 0.1) is 0 Å². The molecule has 0 fully saturated rings. The van der Waals surface area contributed by atoms with Crippen LogP contribution in [0.2, 0.25) is 0 Å². The fourth-order valence-corrected chi connectivity index (χ4v) is 1.29. The third kappa shape index (κ3) is 3.65. The molecule has 0 aromatic heterocycles. The molecule has 6 heteroatoms. The Morgan fingerprint density at radius 2 is 1.67 bits per heavy atom. The molecule has 12 heavy (non-hydrogen) atoms. The molecular formula is C6H16NO4P. The van der Waals surface area contributed by atoms with Gasteiger partial charge in [-0.25, -0.2) is 0 Å². The second kappa shape index (κ2) is 3.09. The highest BCUT2D eigenvalue weighted by Crippen LogP contribution is 2.55. The van der Waals surface area contributed by atoms with E-state index in [9.17, 15) is 14.6 Å². The first-order valence-electron chi connectivity index (χ1n) is 3.51. The van der Waals surface area contributed by atoms with Crippen molar-refractivity contribution in [1.82, 2.24) is 0 Å². The summed E-state index contributed by atoms with van der Waals surface area (Å²) in [5.41, 5.74) is 4.12. The van der Waals surface area contributed by atoms with Gasteiger partial charge < -0.3 is 15.7 Å². The molecule has 0 aromatic rings. The van der Waals surface area contributed by atoms with Gasteiger partial charge in [-0.2, -0.15) is 0 Å². The zero-order valence-electron chi connectivity index (χ0n) is 7.74. The summed E-state index contributed by atoms with van der Waals surface area (Å²) in [6.45, 7) is 5.25. The van der Waals surface area contributed by atoms with Gasteiger partial charge in [0, 0.05) is 0 Å². The van der Waals surface area contributed by atoms with E-state index in [-0.39, 0.29) is 0 Å². The van der Waals surface area contributed by atoms with Gasteiger partial charge >= 0.3 is 7.60 Å². The van der Waals surface area contributed by atoms with Gasteiger partial charge in [0.05, 0.1) is 0 Å². The van der Waals surface area contributed by atoms with Crippen LogP contribution in [0.25, 0.3) is 0 Å². The third-order valence-corrected chi connectivity index (χ3v) is 3.15. The van der Waals surface area contributed by atoms with Crippen LogP contribution >= 0.6 is 7.60 Å². The molecule has 0 aromatic carbocycles. The minimum atomic E-state index is -4.07. The fraction of sp³-hybridized carbons (Fsp3) is 1.00. The summed E-state index contributed by atoms with van der Waals surface area (Å²) < 4.78 is 15.9. The van der Waals surface area contributed by atoms with E-state index in [2.05, 4.69) is 4.52 Å². The monoisotopic (exact) mass is 197 g/mol. The molecular weight excluding hydrogens is 181 g/mol. The van der Waals surface area contributed by atoms with Crippen LogP contribution in [-0.4, -0.2) is 21.1 Å². The van der Waals surface area contributed by atoms with E-state index in [1.165, 1.54) is 27.7 Å². The van der Waals surface area contributed by atoms with Gasteiger partial charge in [-0.3, -0.25) is 9.09 Å². The van der Waals surface area contributed by atoms with Crippen LogP contribution in [0.3, 0.4) is 0 Å². The van der Waals surface area contributed by atoms with E-state index < -0.39 is 18.7 Å². The van der Waals surface area contributed by atoms with Crippen molar-refractivity contribution in [3.8, 4) is 0 Å². The van der Waals surface area contributed by atoms with Gasteiger partial charge in [0.1, 0.15) is 5.72 Å². The maximum atomic E-state index is 11.3. The standard InChI is InChI=1S/C6H16NO4P/c1-5(2,7)11-12(9,10)6(3,4)8/h8H,7H2,1-4H3,(H,9,10). The SMILES string of the molecule is CC(C)(N)OP(=O)(O)C(C)(C)O. The Morgan fingerprint density at radius 1 is 1.33 bits per heavy atom. The van der Waals surface area contributed by atoms with Gasteiger partial charge in [-0.15, -0.1) is 0 Å². The molecule has 0 saturated carbocycles. The molecule has 4 N–H and O–H groups in total. The van der Waals surface area contributed by atoms with E-state index in [0.717, 1.165) is 0 Å². The molecule has 1 atom stereocenters. The molecule has 5 nitrogen and oxygen atoms in total. The average Bonchev–Trinajstić information content (AvgIpc) is 1.52. The maximum Gasteiger partial charge on any atom is 0.360 e. The highest BCUT2D eigenvalue weighted by atomic mass is 31.2. The Labute approximate surface area is 72.1 Å². The molecule has 0 rings (SSSR count). The molecule has 0 aliphatic heterocycles. The van der Waals surface area contributed by atoms with Crippen molar-refractivity contribution in [2.45, 2.75) is 38.8 Å². The Hall–Kier alpha value is 0.0700. The zero-order valence-corrected chi connectivity index (χ0v) is 8.63. The van der Waals surface area contributed by atoms with Gasteiger partial charge in [-0.1, -0.05) is 0 Å². The smallest absolute Gasteiger partial charge is 0.360 e. The number of hydrogen-bond acceptors (Lipinski definition) is 4. The summed E-state index contributed by atoms with van der Waals surface area (Å²) in [5, 5.41) is 7.43. The van der Waals surface area contributed by atoms with E-state index in [1.807, 2.05) is 0 Å². The molecule has 0 heterocycles. The van der Waals surface area contributed by atoms with Crippen molar-refractivity contribution in [3.63, 3.8) is 0 Å². The van der Waals surface area contributed by atoms with Gasteiger partial charge in [0.25, 0.3) is 0 Å². The molecule has 0 saturated heterocycles. The molecule has 1 unspecified atom stereocenters. The van der Waals surface area contributed by atoms with Crippen LogP contribution in [0.1, 0.15) is 27.7 Å². The van der Waals surface area contributed by atoms with Crippen LogP contribution in [0.15, 0.2) is 0 Å².